The van der Waals surface area contributed by atoms with Crippen LogP contribution in [0.2, 0.25) is 0 Å². The van der Waals surface area contributed by atoms with Crippen LogP contribution in [0.5, 0.6) is 0 Å². The summed E-state index contributed by atoms with van der Waals surface area (Å²) in [6.45, 7) is 3.67. The fourth-order valence-corrected chi connectivity index (χ4v) is 5.53. The molecule has 1 atom stereocenters. The van der Waals surface area contributed by atoms with Gasteiger partial charge in [0, 0.05) is 30.4 Å². The second-order valence-corrected chi connectivity index (χ2v) is 11.4. The highest BCUT2D eigenvalue weighted by Gasteiger charge is 2.43. The van der Waals surface area contributed by atoms with Crippen molar-refractivity contribution in [1.29, 1.82) is 0 Å². The van der Waals surface area contributed by atoms with Gasteiger partial charge in [0.25, 0.3) is 5.91 Å². The van der Waals surface area contributed by atoms with Crippen LogP contribution in [0.4, 0.5) is 13.2 Å². The summed E-state index contributed by atoms with van der Waals surface area (Å²) in [6.07, 6.45) is 4.66. The molecule has 1 aliphatic rings. The monoisotopic (exact) mass is 614 g/mol. The molecule has 2 N–H and O–H groups in total. The number of rotatable bonds is 10. The smallest absolute Gasteiger partial charge is 0.318 e. The summed E-state index contributed by atoms with van der Waals surface area (Å²) in [5.41, 5.74) is 10.0. The van der Waals surface area contributed by atoms with Crippen molar-refractivity contribution in [3.63, 3.8) is 0 Å². The van der Waals surface area contributed by atoms with Gasteiger partial charge in [-0.1, -0.05) is 62.4 Å². The Morgan fingerprint density at radius 2 is 1.80 bits per heavy atom. The Balaban J connectivity index is 1.52. The molecule has 1 unspecified atom stereocenters. The number of carbonyl (C=O) groups excluding carboxylic acids is 3. The first kappa shape index (κ1) is 32.9. The van der Waals surface area contributed by atoms with E-state index >= 15 is 0 Å². The van der Waals surface area contributed by atoms with Gasteiger partial charge in [0.1, 0.15) is 12.4 Å². The second kappa shape index (κ2) is 14.6. The molecule has 1 aliphatic carbocycles. The molecule has 3 aromatic rings. The highest BCUT2D eigenvalue weighted by molar-refractivity contribution is 6.03. The maximum absolute atomic E-state index is 13.9. The normalized spacial score (nSPS) is 14.8. The summed E-state index contributed by atoms with van der Waals surface area (Å²) in [5.74, 6) is -3.76. The van der Waals surface area contributed by atoms with Crippen LogP contribution < -0.4 is 5.73 Å². The van der Waals surface area contributed by atoms with E-state index in [0.717, 1.165) is 34.7 Å². The van der Waals surface area contributed by atoms with Gasteiger partial charge in [0.15, 0.2) is 0 Å². The molecule has 0 saturated heterocycles. The molecule has 9 nitrogen and oxygen atoms in total. The van der Waals surface area contributed by atoms with Crippen molar-refractivity contribution in [2.75, 3.05) is 13.6 Å². The van der Waals surface area contributed by atoms with Crippen molar-refractivity contribution in [3.05, 3.63) is 77.4 Å². The Morgan fingerprint density at radius 1 is 1.07 bits per heavy atom. The van der Waals surface area contributed by atoms with E-state index in [0.29, 0.717) is 12.1 Å². The minimum atomic E-state index is -5.34. The van der Waals surface area contributed by atoms with Crippen molar-refractivity contribution >= 4 is 17.8 Å². The zero-order chi connectivity index (χ0) is 31.9. The zero-order valence-corrected chi connectivity index (χ0v) is 24.8. The molecule has 1 fully saturated rings. The first-order chi connectivity index (χ1) is 20.9. The first-order valence-corrected chi connectivity index (χ1v) is 14.6. The number of hydrogen-bond donors (Lipinski definition) is 1. The van der Waals surface area contributed by atoms with Gasteiger partial charge in [-0.15, -0.1) is 0 Å². The molecule has 0 spiro atoms. The lowest BCUT2D eigenvalue weighted by molar-refractivity contribution is -0.286. The molecular formula is C32H37F3N4O5. The summed E-state index contributed by atoms with van der Waals surface area (Å²) in [7, 11) is 2.10. The number of hydrogen-bond acceptors (Lipinski definition) is 8. The molecule has 0 bridgehead atoms. The van der Waals surface area contributed by atoms with E-state index < -0.39 is 30.1 Å². The quantitative estimate of drug-likeness (QED) is 0.239. The summed E-state index contributed by atoms with van der Waals surface area (Å²) < 4.78 is 38.2. The molecule has 0 amide bonds. The third kappa shape index (κ3) is 8.54. The Labute approximate surface area is 254 Å². The van der Waals surface area contributed by atoms with Crippen molar-refractivity contribution in [2.24, 2.45) is 11.7 Å². The van der Waals surface area contributed by atoms with Gasteiger partial charge in [-0.05, 0) is 67.2 Å². The number of nitrogens with zero attached hydrogens (tertiary/aromatic N) is 3. The highest BCUT2D eigenvalue weighted by atomic mass is 19.4. The third-order valence-electron chi connectivity index (χ3n) is 7.94. The molecular weight excluding hydrogens is 577 g/mol. The number of imidazole rings is 1. The average Bonchev–Trinajstić information content (AvgIpc) is 3.46. The van der Waals surface area contributed by atoms with Gasteiger partial charge in [-0.2, -0.15) is 13.2 Å². The maximum Gasteiger partial charge on any atom is 0.495 e. The predicted molar refractivity (Wildman–Crippen MR) is 156 cm³/mol. The molecule has 2 aromatic carbocycles. The van der Waals surface area contributed by atoms with Gasteiger partial charge in [0.05, 0.1) is 0 Å². The Morgan fingerprint density at radius 3 is 2.50 bits per heavy atom. The molecule has 0 aliphatic heterocycles. The number of alkyl halides is 3. The summed E-state index contributed by atoms with van der Waals surface area (Å²) in [4.78, 5) is 50.6. The van der Waals surface area contributed by atoms with Gasteiger partial charge >= 0.3 is 18.1 Å². The summed E-state index contributed by atoms with van der Waals surface area (Å²) >= 11 is 0. The SMILES string of the molecule is Cc1ccccc1-c1cc(CN(C)CCC2CCCCC2)ccc1C(=O)n1cncc1CC(N)C(=O)OOC(=O)C(F)(F)F. The van der Waals surface area contributed by atoms with E-state index in [1.807, 2.05) is 43.3 Å². The number of carbonyl (C=O) groups is 3. The molecule has 1 heterocycles. The standard InChI is InChI=1S/C32H37F3N4O5/c1-21-8-6-7-11-25(21)27-16-23(19-38(2)15-14-22-9-4-3-5-10-22)12-13-26(27)29(40)39-20-37-18-24(39)17-28(36)30(41)43-44-31(42)32(33,34)35/h6-8,11-13,16,18,20,22,28H,3-5,9-10,14-15,17,19,36H2,1-2H3. The fraction of sp³-hybridized carbons (Fsp3) is 0.438. The van der Waals surface area contributed by atoms with Crippen molar-refractivity contribution in [3.8, 4) is 11.1 Å². The Hall–Kier alpha value is -4.03. The highest BCUT2D eigenvalue weighted by Crippen LogP contribution is 2.30. The van der Waals surface area contributed by atoms with Gasteiger partial charge in [-0.25, -0.2) is 24.3 Å². The average molecular weight is 615 g/mol. The lowest BCUT2D eigenvalue weighted by Gasteiger charge is -2.25. The largest absolute Gasteiger partial charge is 0.495 e. The van der Waals surface area contributed by atoms with Crippen LogP contribution in [-0.4, -0.2) is 58.1 Å². The minimum Gasteiger partial charge on any atom is -0.318 e. The molecule has 1 saturated carbocycles. The first-order valence-electron chi connectivity index (χ1n) is 14.6. The predicted octanol–water partition coefficient (Wildman–Crippen LogP) is 5.38. The van der Waals surface area contributed by atoms with Crippen LogP contribution in [0.3, 0.4) is 0 Å². The molecule has 4 rings (SSSR count). The Kier molecular flexibility index (Phi) is 10.9. The fourth-order valence-electron chi connectivity index (χ4n) is 5.53. The van der Waals surface area contributed by atoms with Gasteiger partial charge < -0.3 is 10.6 Å². The lowest BCUT2D eigenvalue weighted by atomic mass is 9.87. The van der Waals surface area contributed by atoms with E-state index in [-0.39, 0.29) is 12.1 Å². The van der Waals surface area contributed by atoms with E-state index in [1.54, 1.807) is 6.07 Å². The van der Waals surface area contributed by atoms with E-state index in [9.17, 15) is 27.6 Å². The van der Waals surface area contributed by atoms with Crippen LogP contribution in [0.25, 0.3) is 11.1 Å². The molecule has 0 radical (unpaired) electrons. The van der Waals surface area contributed by atoms with Crippen molar-refractivity contribution in [2.45, 2.75) is 70.6 Å². The number of nitrogens with two attached hydrogens (primary N) is 1. The molecule has 1 aromatic heterocycles. The van der Waals surface area contributed by atoms with Gasteiger partial charge in [-0.3, -0.25) is 9.36 Å². The minimum absolute atomic E-state index is 0.212. The number of halogens is 3. The number of aromatic nitrogens is 2. The second-order valence-electron chi connectivity index (χ2n) is 11.4. The zero-order valence-electron chi connectivity index (χ0n) is 24.8. The topological polar surface area (TPSA) is 117 Å². The third-order valence-corrected chi connectivity index (χ3v) is 7.94. The van der Waals surface area contributed by atoms with Gasteiger partial charge in [0.2, 0.25) is 0 Å². The van der Waals surface area contributed by atoms with Crippen LogP contribution in [-0.2, 0) is 32.3 Å². The molecule has 12 heteroatoms. The summed E-state index contributed by atoms with van der Waals surface area (Å²) in [5, 5.41) is 0. The summed E-state index contributed by atoms with van der Waals surface area (Å²) in [6, 6.07) is 11.9. The van der Waals surface area contributed by atoms with E-state index in [1.165, 1.54) is 55.6 Å². The lowest BCUT2D eigenvalue weighted by Crippen LogP contribution is -2.37. The van der Waals surface area contributed by atoms with Crippen molar-refractivity contribution in [1.82, 2.24) is 14.5 Å². The van der Waals surface area contributed by atoms with E-state index in [4.69, 9.17) is 5.73 Å². The van der Waals surface area contributed by atoms with Crippen LogP contribution in [0.1, 0.15) is 65.7 Å². The van der Waals surface area contributed by atoms with Crippen LogP contribution in [0.15, 0.2) is 55.0 Å². The van der Waals surface area contributed by atoms with Crippen LogP contribution >= 0.6 is 0 Å². The Bertz CT molecular complexity index is 1470. The maximum atomic E-state index is 13.9. The molecule has 44 heavy (non-hydrogen) atoms. The van der Waals surface area contributed by atoms with Crippen molar-refractivity contribution < 1.29 is 37.3 Å². The molecule has 236 valence electrons. The number of aryl methyl sites for hydroxylation is 1. The van der Waals surface area contributed by atoms with E-state index in [2.05, 4.69) is 26.7 Å². The van der Waals surface area contributed by atoms with Crippen LogP contribution in [0, 0.1) is 12.8 Å². The number of benzene rings is 2.